The summed E-state index contributed by atoms with van der Waals surface area (Å²) < 4.78 is 5.49. The van der Waals surface area contributed by atoms with Crippen LogP contribution < -0.4 is 10.1 Å². The average Bonchev–Trinajstić information content (AvgIpc) is 2.86. The second-order valence-electron chi connectivity index (χ2n) is 4.72. The molecular weight excluding hydrogens is 228 g/mol. The lowest BCUT2D eigenvalue weighted by Gasteiger charge is -2.16. The van der Waals surface area contributed by atoms with Gasteiger partial charge >= 0.3 is 0 Å². The number of nitrogens with one attached hydrogen (secondary N) is 1. The van der Waals surface area contributed by atoms with Crippen LogP contribution in [0.2, 0.25) is 0 Å². The zero-order chi connectivity index (χ0) is 13.0. The minimum Gasteiger partial charge on any atom is -0.484 e. The first-order valence-corrected chi connectivity index (χ1v) is 6.33. The van der Waals surface area contributed by atoms with E-state index in [0.717, 1.165) is 25.3 Å². The lowest BCUT2D eigenvalue weighted by Crippen LogP contribution is -2.36. The van der Waals surface area contributed by atoms with Crippen LogP contribution in [0.1, 0.15) is 12.0 Å². The van der Waals surface area contributed by atoms with Crippen molar-refractivity contribution >= 4 is 5.91 Å². The summed E-state index contributed by atoms with van der Waals surface area (Å²) in [6.07, 6.45) is 1.02. The summed E-state index contributed by atoms with van der Waals surface area (Å²) in [5.74, 6) is 0.812. The Balaban J connectivity index is 1.80. The summed E-state index contributed by atoms with van der Waals surface area (Å²) in [6.45, 7) is 3.75. The van der Waals surface area contributed by atoms with Gasteiger partial charge in [-0.2, -0.15) is 0 Å². The van der Waals surface area contributed by atoms with Crippen molar-refractivity contribution in [1.29, 1.82) is 0 Å². The minimum absolute atomic E-state index is 0.0633. The third-order valence-corrected chi connectivity index (χ3v) is 3.33. The number of aryl methyl sites for hydroxylation is 1. The highest BCUT2D eigenvalue weighted by Crippen LogP contribution is 2.13. The smallest absolute Gasteiger partial charge is 0.260 e. The highest BCUT2D eigenvalue weighted by Gasteiger charge is 2.24. The number of ether oxygens (including phenoxy) is 1. The molecule has 1 aliphatic heterocycles. The average molecular weight is 248 g/mol. The lowest BCUT2D eigenvalue weighted by molar-refractivity contribution is -0.132. The van der Waals surface area contributed by atoms with Crippen LogP contribution in [-0.2, 0) is 4.79 Å². The Labute approximate surface area is 108 Å². The molecule has 0 aliphatic carbocycles. The molecule has 1 atom stereocenters. The van der Waals surface area contributed by atoms with Gasteiger partial charge in [-0.05, 0) is 32.5 Å². The predicted molar refractivity (Wildman–Crippen MR) is 70.7 cm³/mol. The molecule has 0 bridgehead atoms. The van der Waals surface area contributed by atoms with E-state index in [4.69, 9.17) is 4.74 Å². The van der Waals surface area contributed by atoms with E-state index in [-0.39, 0.29) is 12.5 Å². The maximum absolute atomic E-state index is 11.9. The molecule has 0 radical (unpaired) electrons. The van der Waals surface area contributed by atoms with E-state index in [1.807, 2.05) is 43.1 Å². The molecule has 1 amide bonds. The van der Waals surface area contributed by atoms with Crippen LogP contribution in [-0.4, -0.2) is 43.6 Å². The van der Waals surface area contributed by atoms with Crippen molar-refractivity contribution in [1.82, 2.24) is 10.2 Å². The van der Waals surface area contributed by atoms with Crippen molar-refractivity contribution in [3.05, 3.63) is 29.8 Å². The minimum atomic E-state index is 0.0633. The molecule has 4 heteroatoms. The summed E-state index contributed by atoms with van der Waals surface area (Å²) in [6, 6.07) is 8.17. The molecule has 1 N–H and O–H groups in total. The summed E-state index contributed by atoms with van der Waals surface area (Å²) in [5, 5.41) is 3.19. The topological polar surface area (TPSA) is 41.6 Å². The van der Waals surface area contributed by atoms with Crippen LogP contribution in [0, 0.1) is 6.92 Å². The highest BCUT2D eigenvalue weighted by molar-refractivity contribution is 5.78. The Morgan fingerprint density at radius 2 is 2.17 bits per heavy atom. The molecule has 1 aromatic carbocycles. The molecule has 18 heavy (non-hydrogen) atoms. The second-order valence-corrected chi connectivity index (χ2v) is 4.72. The van der Waals surface area contributed by atoms with Crippen LogP contribution in [0.25, 0.3) is 0 Å². The van der Waals surface area contributed by atoms with Crippen LogP contribution in [0.15, 0.2) is 24.3 Å². The van der Waals surface area contributed by atoms with E-state index in [1.165, 1.54) is 5.56 Å². The van der Waals surface area contributed by atoms with Crippen molar-refractivity contribution in [2.45, 2.75) is 19.4 Å². The molecule has 0 aromatic heterocycles. The van der Waals surface area contributed by atoms with Crippen molar-refractivity contribution < 1.29 is 9.53 Å². The fraction of sp³-hybridized carbons (Fsp3) is 0.500. The number of carbonyl (C=O) groups excluding carboxylic acids is 1. The Hall–Kier alpha value is -1.55. The number of nitrogens with zero attached hydrogens (tertiary/aromatic N) is 1. The van der Waals surface area contributed by atoms with Crippen LogP contribution >= 0.6 is 0 Å². The van der Waals surface area contributed by atoms with Gasteiger partial charge in [-0.3, -0.25) is 4.79 Å². The van der Waals surface area contributed by atoms with Gasteiger partial charge in [0.25, 0.3) is 5.91 Å². The summed E-state index contributed by atoms with van der Waals surface area (Å²) in [5.41, 5.74) is 1.19. The molecule has 2 rings (SSSR count). The van der Waals surface area contributed by atoms with Gasteiger partial charge in [0.15, 0.2) is 6.61 Å². The second kappa shape index (κ2) is 5.87. The Morgan fingerprint density at radius 3 is 2.78 bits per heavy atom. The molecule has 98 valence electrons. The SMILES string of the molecule is CN[C@H]1CCN(C(=O)COc2ccc(C)cc2)C1. The molecule has 0 saturated carbocycles. The molecule has 1 aromatic rings. The predicted octanol–water partition coefficient (Wildman–Crippen LogP) is 1.19. The van der Waals surface area contributed by atoms with E-state index >= 15 is 0 Å². The number of carbonyl (C=O) groups is 1. The summed E-state index contributed by atoms with van der Waals surface area (Å²) in [7, 11) is 1.93. The van der Waals surface area contributed by atoms with E-state index in [2.05, 4.69) is 5.32 Å². The van der Waals surface area contributed by atoms with E-state index < -0.39 is 0 Å². The Bertz CT molecular complexity index is 403. The first-order chi connectivity index (χ1) is 8.69. The molecule has 0 unspecified atom stereocenters. The van der Waals surface area contributed by atoms with Crippen molar-refractivity contribution in [3.8, 4) is 5.75 Å². The van der Waals surface area contributed by atoms with Gasteiger partial charge in [0.1, 0.15) is 5.75 Å². The zero-order valence-electron chi connectivity index (χ0n) is 11.0. The Morgan fingerprint density at radius 1 is 1.44 bits per heavy atom. The highest BCUT2D eigenvalue weighted by atomic mass is 16.5. The fourth-order valence-electron chi connectivity index (χ4n) is 2.09. The van der Waals surface area contributed by atoms with Crippen molar-refractivity contribution in [2.75, 3.05) is 26.7 Å². The standard InChI is InChI=1S/C14H20N2O2/c1-11-3-5-13(6-4-11)18-10-14(17)16-8-7-12(9-16)15-2/h3-6,12,15H,7-10H2,1-2H3/t12-/m0/s1. The number of hydrogen-bond donors (Lipinski definition) is 1. The molecule has 1 aliphatic rings. The molecule has 0 spiro atoms. The third kappa shape index (κ3) is 3.23. The van der Waals surface area contributed by atoms with Crippen LogP contribution in [0.4, 0.5) is 0 Å². The number of likely N-dealkylation sites (tertiary alicyclic amines) is 1. The maximum atomic E-state index is 11.9. The maximum Gasteiger partial charge on any atom is 0.260 e. The van der Waals surface area contributed by atoms with Gasteiger partial charge in [-0.25, -0.2) is 0 Å². The van der Waals surface area contributed by atoms with Gasteiger partial charge < -0.3 is 15.0 Å². The lowest BCUT2D eigenvalue weighted by atomic mass is 10.2. The normalized spacial score (nSPS) is 19.0. The molecule has 1 saturated heterocycles. The number of likely N-dealkylation sites (N-methyl/N-ethyl adjacent to an activating group) is 1. The summed E-state index contributed by atoms with van der Waals surface area (Å²) in [4.78, 5) is 13.8. The Kier molecular flexibility index (Phi) is 4.20. The number of hydrogen-bond acceptors (Lipinski definition) is 3. The van der Waals surface area contributed by atoms with Gasteiger partial charge in [-0.1, -0.05) is 17.7 Å². The van der Waals surface area contributed by atoms with E-state index in [0.29, 0.717) is 6.04 Å². The van der Waals surface area contributed by atoms with Gasteiger partial charge in [-0.15, -0.1) is 0 Å². The number of benzene rings is 1. The quantitative estimate of drug-likeness (QED) is 0.870. The monoisotopic (exact) mass is 248 g/mol. The van der Waals surface area contributed by atoms with E-state index in [9.17, 15) is 4.79 Å². The summed E-state index contributed by atoms with van der Waals surface area (Å²) >= 11 is 0. The first kappa shape index (κ1) is 12.9. The van der Waals surface area contributed by atoms with Gasteiger partial charge in [0.05, 0.1) is 0 Å². The van der Waals surface area contributed by atoms with E-state index in [1.54, 1.807) is 0 Å². The first-order valence-electron chi connectivity index (χ1n) is 6.33. The van der Waals surface area contributed by atoms with Gasteiger partial charge in [0.2, 0.25) is 0 Å². The fourth-order valence-corrected chi connectivity index (χ4v) is 2.09. The number of rotatable bonds is 4. The van der Waals surface area contributed by atoms with Crippen LogP contribution in [0.5, 0.6) is 5.75 Å². The van der Waals surface area contributed by atoms with Crippen molar-refractivity contribution in [3.63, 3.8) is 0 Å². The van der Waals surface area contributed by atoms with Crippen molar-refractivity contribution in [2.24, 2.45) is 0 Å². The molecule has 4 nitrogen and oxygen atoms in total. The van der Waals surface area contributed by atoms with Gasteiger partial charge in [0, 0.05) is 19.1 Å². The molecular formula is C14H20N2O2. The largest absolute Gasteiger partial charge is 0.484 e. The van der Waals surface area contributed by atoms with Crippen LogP contribution in [0.3, 0.4) is 0 Å². The molecule has 1 fully saturated rings. The number of amides is 1. The molecule has 1 heterocycles. The zero-order valence-corrected chi connectivity index (χ0v) is 11.0. The third-order valence-electron chi connectivity index (χ3n) is 3.33.